The summed E-state index contributed by atoms with van der Waals surface area (Å²) in [4.78, 5) is 27.5. The maximum Gasteiger partial charge on any atom is 0.308 e. The Morgan fingerprint density at radius 2 is 2.00 bits per heavy atom. The molecule has 0 spiro atoms. The fourth-order valence-corrected chi connectivity index (χ4v) is 4.73. The van der Waals surface area contributed by atoms with Gasteiger partial charge in [0.25, 0.3) is 5.91 Å². The molecule has 4 rings (SSSR count). The summed E-state index contributed by atoms with van der Waals surface area (Å²) >= 11 is 1.41. The van der Waals surface area contributed by atoms with Crippen LogP contribution in [0.5, 0.6) is 0 Å². The van der Waals surface area contributed by atoms with E-state index in [9.17, 15) is 14.7 Å². The van der Waals surface area contributed by atoms with Gasteiger partial charge < -0.3 is 10.0 Å². The van der Waals surface area contributed by atoms with E-state index < -0.39 is 11.9 Å². The standard InChI is InChI=1S/C19H19N3O3S/c1-11-15-10-16(17(23)21-9-8-14(12(21)2)19(24)25)26-18(15)22(20-11)13-6-4-3-5-7-13/h3-7,10,12,14H,8-9H2,1-2H3,(H,24,25). The monoisotopic (exact) mass is 369 g/mol. The molecule has 2 unspecified atom stereocenters. The van der Waals surface area contributed by atoms with Gasteiger partial charge in [-0.05, 0) is 38.5 Å². The van der Waals surface area contributed by atoms with Crippen LogP contribution in [0.25, 0.3) is 15.9 Å². The lowest BCUT2D eigenvalue weighted by atomic mass is 10.0. The maximum absolute atomic E-state index is 13.0. The van der Waals surface area contributed by atoms with Crippen LogP contribution in [-0.2, 0) is 4.79 Å². The molecule has 1 saturated heterocycles. The molecule has 2 atom stereocenters. The number of aromatic nitrogens is 2. The molecular formula is C19H19N3O3S. The highest BCUT2D eigenvalue weighted by molar-refractivity contribution is 7.20. The van der Waals surface area contributed by atoms with Crippen molar-refractivity contribution in [2.45, 2.75) is 26.3 Å². The van der Waals surface area contributed by atoms with Gasteiger partial charge in [-0.3, -0.25) is 9.59 Å². The van der Waals surface area contributed by atoms with Crippen molar-refractivity contribution in [2.24, 2.45) is 5.92 Å². The van der Waals surface area contributed by atoms with Gasteiger partial charge in [-0.15, -0.1) is 11.3 Å². The minimum Gasteiger partial charge on any atom is -0.481 e. The molecule has 6 nitrogen and oxygen atoms in total. The fraction of sp³-hybridized carbons (Fsp3) is 0.316. The van der Waals surface area contributed by atoms with Crippen molar-refractivity contribution in [3.8, 4) is 5.69 Å². The molecule has 1 amide bonds. The number of rotatable bonds is 3. The van der Waals surface area contributed by atoms with Gasteiger partial charge in [-0.2, -0.15) is 5.10 Å². The number of carbonyl (C=O) groups excluding carboxylic acids is 1. The molecule has 2 aromatic heterocycles. The molecule has 1 aromatic carbocycles. The second kappa shape index (κ2) is 6.25. The van der Waals surface area contributed by atoms with Gasteiger partial charge in [-0.1, -0.05) is 18.2 Å². The molecule has 3 heterocycles. The first-order valence-electron chi connectivity index (χ1n) is 8.55. The van der Waals surface area contributed by atoms with Gasteiger partial charge in [0, 0.05) is 18.0 Å². The van der Waals surface area contributed by atoms with E-state index in [-0.39, 0.29) is 11.9 Å². The number of thiophene rings is 1. The van der Waals surface area contributed by atoms with E-state index in [1.807, 2.05) is 54.9 Å². The largest absolute Gasteiger partial charge is 0.481 e. The first kappa shape index (κ1) is 16.8. The number of likely N-dealkylation sites (tertiary alicyclic amines) is 1. The van der Waals surface area contributed by atoms with Gasteiger partial charge in [0.1, 0.15) is 4.83 Å². The molecule has 3 aromatic rings. The Labute approximate surface area is 154 Å². The second-order valence-electron chi connectivity index (χ2n) is 6.63. The lowest BCUT2D eigenvalue weighted by molar-refractivity contribution is -0.142. The number of aliphatic carboxylic acids is 1. The predicted molar refractivity (Wildman–Crippen MR) is 99.9 cm³/mol. The molecule has 0 saturated carbocycles. The smallest absolute Gasteiger partial charge is 0.308 e. The Morgan fingerprint density at radius 3 is 2.65 bits per heavy atom. The molecule has 0 aliphatic carbocycles. The van der Waals surface area contributed by atoms with Crippen LogP contribution in [0.3, 0.4) is 0 Å². The first-order chi connectivity index (χ1) is 12.5. The lowest BCUT2D eigenvalue weighted by Gasteiger charge is -2.22. The number of benzene rings is 1. The number of nitrogens with zero attached hydrogens (tertiary/aromatic N) is 3. The van der Waals surface area contributed by atoms with Crippen LogP contribution in [0.2, 0.25) is 0 Å². The molecule has 1 fully saturated rings. The minimum atomic E-state index is -0.834. The van der Waals surface area contributed by atoms with E-state index in [2.05, 4.69) is 5.10 Å². The normalized spacial score (nSPS) is 20.0. The molecule has 1 N–H and O–H groups in total. The Balaban J connectivity index is 1.70. The van der Waals surface area contributed by atoms with Gasteiger partial charge in [0.15, 0.2) is 0 Å². The number of para-hydroxylation sites is 1. The molecule has 26 heavy (non-hydrogen) atoms. The van der Waals surface area contributed by atoms with Crippen molar-refractivity contribution in [1.82, 2.24) is 14.7 Å². The number of carboxylic acid groups (broad SMARTS) is 1. The molecule has 134 valence electrons. The number of fused-ring (bicyclic) bond motifs is 1. The van der Waals surface area contributed by atoms with E-state index >= 15 is 0 Å². The van der Waals surface area contributed by atoms with Gasteiger partial charge in [0.2, 0.25) is 0 Å². The van der Waals surface area contributed by atoms with E-state index in [1.165, 1.54) is 11.3 Å². The highest BCUT2D eigenvalue weighted by Crippen LogP contribution is 2.33. The van der Waals surface area contributed by atoms with Crippen LogP contribution in [0.1, 0.15) is 28.7 Å². The summed E-state index contributed by atoms with van der Waals surface area (Å²) in [6.07, 6.45) is 0.504. The van der Waals surface area contributed by atoms with Crippen molar-refractivity contribution in [1.29, 1.82) is 0 Å². The topological polar surface area (TPSA) is 75.4 Å². The van der Waals surface area contributed by atoms with Crippen molar-refractivity contribution in [3.05, 3.63) is 47.0 Å². The number of hydrogen-bond donors (Lipinski definition) is 1. The zero-order valence-electron chi connectivity index (χ0n) is 14.5. The van der Waals surface area contributed by atoms with Crippen LogP contribution >= 0.6 is 11.3 Å². The van der Waals surface area contributed by atoms with Gasteiger partial charge in [-0.25, -0.2) is 4.68 Å². The quantitative estimate of drug-likeness (QED) is 0.768. The molecule has 1 aliphatic rings. The predicted octanol–water partition coefficient (Wildman–Crippen LogP) is 3.33. The average Bonchev–Trinajstić information content (AvgIpc) is 3.30. The SMILES string of the molecule is Cc1nn(-c2ccccc2)c2sc(C(=O)N3CCC(C(=O)O)C3C)cc12. The van der Waals surface area contributed by atoms with Crippen molar-refractivity contribution in [3.63, 3.8) is 0 Å². The maximum atomic E-state index is 13.0. The number of hydrogen-bond acceptors (Lipinski definition) is 4. The molecule has 7 heteroatoms. The summed E-state index contributed by atoms with van der Waals surface area (Å²) in [6.45, 7) is 4.23. The van der Waals surface area contributed by atoms with Crippen LogP contribution < -0.4 is 0 Å². The summed E-state index contributed by atoms with van der Waals surface area (Å²) in [7, 11) is 0. The van der Waals surface area contributed by atoms with Crippen LogP contribution in [-0.4, -0.2) is 44.3 Å². The number of carboxylic acids is 1. The summed E-state index contributed by atoms with van der Waals surface area (Å²) in [6, 6.07) is 11.4. The van der Waals surface area contributed by atoms with E-state index in [4.69, 9.17) is 0 Å². The minimum absolute atomic E-state index is 0.0959. The zero-order valence-corrected chi connectivity index (χ0v) is 15.4. The molecular weight excluding hydrogens is 350 g/mol. The number of amides is 1. The van der Waals surface area contributed by atoms with Crippen molar-refractivity contribution < 1.29 is 14.7 Å². The van der Waals surface area contributed by atoms with Gasteiger partial charge >= 0.3 is 5.97 Å². The third kappa shape index (κ3) is 2.59. The van der Waals surface area contributed by atoms with E-state index in [0.717, 1.165) is 21.6 Å². The van der Waals surface area contributed by atoms with Gasteiger partial charge in [0.05, 0.1) is 22.2 Å². The second-order valence-corrected chi connectivity index (χ2v) is 7.67. The summed E-state index contributed by atoms with van der Waals surface area (Å²) in [5.41, 5.74) is 1.82. The third-order valence-corrected chi connectivity index (χ3v) is 6.19. The van der Waals surface area contributed by atoms with Crippen LogP contribution in [0.4, 0.5) is 0 Å². The molecule has 1 aliphatic heterocycles. The number of aryl methyl sites for hydroxylation is 1. The van der Waals surface area contributed by atoms with Crippen LogP contribution in [0, 0.1) is 12.8 Å². The summed E-state index contributed by atoms with van der Waals surface area (Å²) in [5, 5.41) is 14.8. The lowest BCUT2D eigenvalue weighted by Crippen LogP contribution is -2.37. The fourth-order valence-electron chi connectivity index (χ4n) is 3.59. The van der Waals surface area contributed by atoms with Crippen molar-refractivity contribution >= 4 is 33.4 Å². The first-order valence-corrected chi connectivity index (χ1v) is 9.37. The van der Waals surface area contributed by atoms with Crippen LogP contribution in [0.15, 0.2) is 36.4 Å². The number of carbonyl (C=O) groups is 2. The highest BCUT2D eigenvalue weighted by atomic mass is 32.1. The van der Waals surface area contributed by atoms with E-state index in [1.54, 1.807) is 4.90 Å². The Hall–Kier alpha value is -2.67. The average molecular weight is 369 g/mol. The third-order valence-electron chi connectivity index (χ3n) is 5.09. The molecule has 0 radical (unpaired) electrons. The molecule has 0 bridgehead atoms. The highest BCUT2D eigenvalue weighted by Gasteiger charge is 2.39. The summed E-state index contributed by atoms with van der Waals surface area (Å²) < 4.78 is 1.86. The zero-order chi connectivity index (χ0) is 18.4. The van der Waals surface area contributed by atoms with Crippen molar-refractivity contribution in [2.75, 3.05) is 6.54 Å². The Bertz CT molecular complexity index is 992. The summed E-state index contributed by atoms with van der Waals surface area (Å²) in [5.74, 6) is -1.42. The van der Waals surface area contributed by atoms with E-state index in [0.29, 0.717) is 17.8 Å². The Morgan fingerprint density at radius 1 is 1.27 bits per heavy atom. The Kier molecular flexibility index (Phi) is 4.03.